The average Bonchev–Trinajstić information content (AvgIpc) is 2.48. The van der Waals surface area contributed by atoms with Crippen LogP contribution in [0.3, 0.4) is 0 Å². The molecule has 1 N–H and O–H groups in total. The molecule has 0 aromatic heterocycles. The Kier molecular flexibility index (Phi) is 3.26. The van der Waals surface area contributed by atoms with Crippen molar-refractivity contribution < 1.29 is 9.53 Å². The Morgan fingerprint density at radius 3 is 2.57 bits per heavy atom. The molecule has 0 saturated carbocycles. The van der Waals surface area contributed by atoms with E-state index in [-0.39, 0.29) is 11.9 Å². The van der Waals surface area contributed by atoms with Crippen LogP contribution in [0.5, 0.6) is 0 Å². The van der Waals surface area contributed by atoms with Gasteiger partial charge in [-0.3, -0.25) is 9.79 Å². The van der Waals surface area contributed by atoms with Gasteiger partial charge in [-0.2, -0.15) is 0 Å². The van der Waals surface area contributed by atoms with E-state index in [0.29, 0.717) is 12.4 Å². The third-order valence-electron chi connectivity index (χ3n) is 2.58. The van der Waals surface area contributed by atoms with Gasteiger partial charge in [-0.05, 0) is 27.2 Å². The summed E-state index contributed by atoms with van der Waals surface area (Å²) in [7, 11) is 0. The van der Waals surface area contributed by atoms with Crippen LogP contribution in [0.15, 0.2) is 4.99 Å². The molecule has 2 unspecified atom stereocenters. The Labute approximate surface area is 84.7 Å². The number of hydrogen-bond acceptors (Lipinski definition) is 3. The van der Waals surface area contributed by atoms with Gasteiger partial charge in [0.2, 0.25) is 5.91 Å². The molecule has 0 spiro atoms. The second-order valence-electron chi connectivity index (χ2n) is 3.66. The lowest BCUT2D eigenvalue weighted by molar-refractivity contribution is -0.119. The minimum atomic E-state index is -0.449. The van der Waals surface area contributed by atoms with Crippen molar-refractivity contribution in [2.75, 3.05) is 6.61 Å². The van der Waals surface area contributed by atoms with Gasteiger partial charge in [0.25, 0.3) is 0 Å². The Morgan fingerprint density at radius 1 is 1.57 bits per heavy atom. The number of carbonyl (C=O) groups excluding carboxylic acids is 1. The summed E-state index contributed by atoms with van der Waals surface area (Å²) in [6, 6.07) is -0.281. The molecule has 4 nitrogen and oxygen atoms in total. The van der Waals surface area contributed by atoms with E-state index in [9.17, 15) is 4.79 Å². The van der Waals surface area contributed by atoms with Crippen LogP contribution in [-0.4, -0.2) is 30.0 Å². The van der Waals surface area contributed by atoms with Crippen molar-refractivity contribution in [1.29, 1.82) is 0 Å². The molecule has 2 atom stereocenters. The zero-order valence-corrected chi connectivity index (χ0v) is 9.26. The van der Waals surface area contributed by atoms with E-state index < -0.39 is 5.60 Å². The van der Waals surface area contributed by atoms with E-state index in [1.165, 1.54) is 0 Å². The molecular weight excluding hydrogens is 180 g/mol. The fourth-order valence-corrected chi connectivity index (χ4v) is 1.43. The van der Waals surface area contributed by atoms with E-state index in [0.717, 1.165) is 6.42 Å². The van der Waals surface area contributed by atoms with Gasteiger partial charge in [-0.1, -0.05) is 6.92 Å². The van der Waals surface area contributed by atoms with Crippen LogP contribution in [-0.2, 0) is 9.53 Å². The molecular formula is C10H18N2O2. The normalized spacial score (nSPS) is 25.6. The maximum Gasteiger partial charge on any atom is 0.249 e. The monoisotopic (exact) mass is 198 g/mol. The second-order valence-corrected chi connectivity index (χ2v) is 3.66. The lowest BCUT2D eigenvalue weighted by Crippen LogP contribution is -2.45. The van der Waals surface area contributed by atoms with Crippen LogP contribution in [0.1, 0.15) is 34.1 Å². The maximum atomic E-state index is 11.3. The lowest BCUT2D eigenvalue weighted by Gasteiger charge is -2.27. The van der Waals surface area contributed by atoms with Gasteiger partial charge < -0.3 is 10.1 Å². The molecule has 0 aliphatic carbocycles. The van der Waals surface area contributed by atoms with Gasteiger partial charge >= 0.3 is 0 Å². The predicted molar refractivity (Wildman–Crippen MR) is 55.4 cm³/mol. The zero-order valence-electron chi connectivity index (χ0n) is 9.26. The summed E-state index contributed by atoms with van der Waals surface area (Å²) >= 11 is 0. The number of hydrogen-bond donors (Lipinski definition) is 1. The molecule has 0 aromatic rings. The Morgan fingerprint density at radius 2 is 2.21 bits per heavy atom. The minimum Gasteiger partial charge on any atom is -0.368 e. The quantitative estimate of drug-likeness (QED) is 0.735. The summed E-state index contributed by atoms with van der Waals surface area (Å²) in [6.45, 7) is 8.31. The largest absolute Gasteiger partial charge is 0.368 e. The van der Waals surface area contributed by atoms with Crippen LogP contribution >= 0.6 is 0 Å². The average molecular weight is 198 g/mol. The van der Waals surface area contributed by atoms with E-state index in [1.807, 2.05) is 20.8 Å². The molecule has 1 rings (SSSR count). The topological polar surface area (TPSA) is 50.7 Å². The molecule has 1 aliphatic rings. The van der Waals surface area contributed by atoms with E-state index in [1.54, 1.807) is 6.92 Å². The van der Waals surface area contributed by atoms with Gasteiger partial charge in [0, 0.05) is 6.61 Å². The standard InChI is InChI=1S/C10H18N2O2/c1-5-10(4,14-6-2)9-11-7(3)8(13)12-9/h7H,5-6H2,1-4H3,(H,11,12,13). The summed E-state index contributed by atoms with van der Waals surface area (Å²) < 4.78 is 5.61. The minimum absolute atomic E-state index is 0.0422. The van der Waals surface area contributed by atoms with Crippen molar-refractivity contribution in [2.45, 2.75) is 45.8 Å². The number of aliphatic imine (C=N–C) groups is 1. The first-order valence-electron chi connectivity index (χ1n) is 5.06. The van der Waals surface area contributed by atoms with Crippen LogP contribution in [0, 0.1) is 0 Å². The Bertz CT molecular complexity index is 263. The third-order valence-corrected chi connectivity index (χ3v) is 2.58. The molecule has 0 saturated heterocycles. The molecule has 14 heavy (non-hydrogen) atoms. The van der Waals surface area contributed by atoms with Gasteiger partial charge in [-0.25, -0.2) is 0 Å². The first-order valence-corrected chi connectivity index (χ1v) is 5.06. The Hall–Kier alpha value is -0.900. The summed E-state index contributed by atoms with van der Waals surface area (Å²) in [6.07, 6.45) is 0.798. The molecule has 0 fully saturated rings. The number of carbonyl (C=O) groups is 1. The second kappa shape index (κ2) is 4.09. The molecule has 1 heterocycles. The van der Waals surface area contributed by atoms with Gasteiger partial charge in [-0.15, -0.1) is 0 Å². The number of nitrogens with zero attached hydrogens (tertiary/aromatic N) is 1. The van der Waals surface area contributed by atoms with Crippen LogP contribution < -0.4 is 5.32 Å². The molecule has 0 aromatic carbocycles. The van der Waals surface area contributed by atoms with Crippen molar-refractivity contribution in [3.8, 4) is 0 Å². The van der Waals surface area contributed by atoms with Gasteiger partial charge in [0.1, 0.15) is 17.5 Å². The highest BCUT2D eigenvalue weighted by Gasteiger charge is 2.35. The van der Waals surface area contributed by atoms with Crippen molar-refractivity contribution in [3.63, 3.8) is 0 Å². The molecule has 0 bridgehead atoms. The van der Waals surface area contributed by atoms with Gasteiger partial charge in [0.05, 0.1) is 0 Å². The fraction of sp³-hybridized carbons (Fsp3) is 0.800. The molecule has 1 amide bonds. The summed E-state index contributed by atoms with van der Waals surface area (Å²) in [5, 5.41) is 2.77. The van der Waals surface area contributed by atoms with E-state index in [4.69, 9.17) is 4.74 Å². The molecule has 80 valence electrons. The smallest absolute Gasteiger partial charge is 0.249 e. The highest BCUT2D eigenvalue weighted by Crippen LogP contribution is 2.19. The maximum absolute atomic E-state index is 11.3. The number of amides is 1. The van der Waals surface area contributed by atoms with Gasteiger partial charge in [0.15, 0.2) is 0 Å². The first-order chi connectivity index (χ1) is 6.53. The highest BCUT2D eigenvalue weighted by atomic mass is 16.5. The summed E-state index contributed by atoms with van der Waals surface area (Å²) in [4.78, 5) is 15.5. The highest BCUT2D eigenvalue weighted by molar-refractivity contribution is 6.09. The predicted octanol–water partition coefficient (Wildman–Crippen LogP) is 1.11. The van der Waals surface area contributed by atoms with E-state index in [2.05, 4.69) is 10.3 Å². The number of nitrogens with one attached hydrogen (secondary N) is 1. The van der Waals surface area contributed by atoms with Crippen LogP contribution in [0.4, 0.5) is 0 Å². The summed E-state index contributed by atoms with van der Waals surface area (Å²) in [5.74, 6) is 0.624. The summed E-state index contributed by atoms with van der Waals surface area (Å²) in [5.41, 5.74) is -0.449. The Balaban J connectivity index is 2.81. The molecule has 4 heteroatoms. The fourth-order valence-electron chi connectivity index (χ4n) is 1.43. The van der Waals surface area contributed by atoms with Crippen molar-refractivity contribution in [3.05, 3.63) is 0 Å². The molecule has 1 aliphatic heterocycles. The zero-order chi connectivity index (χ0) is 10.8. The van der Waals surface area contributed by atoms with Crippen molar-refractivity contribution in [2.24, 2.45) is 4.99 Å². The number of amidine groups is 1. The SMILES string of the molecule is CCOC(C)(CC)C1=NC(C)C(=O)N1. The lowest BCUT2D eigenvalue weighted by atomic mass is 10.0. The third kappa shape index (κ3) is 1.95. The number of ether oxygens (including phenoxy) is 1. The van der Waals surface area contributed by atoms with Crippen LogP contribution in [0.25, 0.3) is 0 Å². The van der Waals surface area contributed by atoms with E-state index >= 15 is 0 Å². The van der Waals surface area contributed by atoms with Crippen molar-refractivity contribution in [1.82, 2.24) is 5.32 Å². The molecule has 0 radical (unpaired) electrons. The first kappa shape index (κ1) is 11.2. The van der Waals surface area contributed by atoms with Crippen molar-refractivity contribution >= 4 is 11.7 Å². The van der Waals surface area contributed by atoms with Crippen LogP contribution in [0.2, 0.25) is 0 Å². The number of rotatable bonds is 4.